The van der Waals surface area contributed by atoms with E-state index in [-0.39, 0.29) is 5.91 Å². The molecule has 0 aliphatic heterocycles. The van der Waals surface area contributed by atoms with Gasteiger partial charge < -0.3 is 5.32 Å². The minimum Gasteiger partial charge on any atom is -0.352 e. The van der Waals surface area contributed by atoms with Crippen LogP contribution in [0.4, 0.5) is 0 Å². The molecular weight excluding hydrogens is 305 g/mol. The Morgan fingerprint density at radius 1 is 1.29 bits per heavy atom. The quantitative estimate of drug-likeness (QED) is 0.641. The molecule has 1 rings (SSSR count). The van der Waals surface area contributed by atoms with E-state index >= 15 is 0 Å². The Balaban J connectivity index is 2.45. The Labute approximate surface area is 137 Å². The van der Waals surface area contributed by atoms with Crippen LogP contribution in [0.1, 0.15) is 45.1 Å². The van der Waals surface area contributed by atoms with E-state index in [0.29, 0.717) is 16.0 Å². The fourth-order valence-electron chi connectivity index (χ4n) is 2.04. The average molecular weight is 328 g/mol. The predicted octanol–water partition coefficient (Wildman–Crippen LogP) is 5.34. The third-order valence-corrected chi connectivity index (χ3v) is 4.22. The van der Waals surface area contributed by atoms with Crippen molar-refractivity contribution in [1.29, 1.82) is 0 Å². The molecule has 1 atom stereocenters. The topological polar surface area (TPSA) is 29.1 Å². The van der Waals surface area contributed by atoms with Crippen molar-refractivity contribution in [1.82, 2.24) is 5.32 Å². The largest absolute Gasteiger partial charge is 0.352 e. The smallest absolute Gasteiger partial charge is 0.244 e. The molecule has 0 saturated heterocycles. The van der Waals surface area contributed by atoms with Crippen molar-refractivity contribution in [3.63, 3.8) is 0 Å². The van der Waals surface area contributed by atoms with E-state index in [2.05, 4.69) is 19.2 Å². The summed E-state index contributed by atoms with van der Waals surface area (Å²) in [5.41, 5.74) is 0.859. The monoisotopic (exact) mass is 327 g/mol. The Morgan fingerprint density at radius 2 is 2.05 bits per heavy atom. The first-order valence-corrected chi connectivity index (χ1v) is 8.23. The van der Waals surface area contributed by atoms with Crippen LogP contribution in [0.3, 0.4) is 0 Å². The molecular formula is C17H23Cl2NO. The maximum absolute atomic E-state index is 11.8. The van der Waals surface area contributed by atoms with Crippen LogP contribution in [-0.2, 0) is 4.79 Å². The normalized spacial score (nSPS) is 12.6. The molecule has 0 aliphatic rings. The van der Waals surface area contributed by atoms with Gasteiger partial charge in [0.15, 0.2) is 0 Å². The van der Waals surface area contributed by atoms with Crippen LogP contribution in [0.2, 0.25) is 10.0 Å². The SMILES string of the molecule is CCCCC(CC)CNC(=O)C=Cc1ccc(Cl)c(Cl)c1. The molecule has 1 aromatic rings. The first kappa shape index (κ1) is 18.1. The Bertz CT molecular complexity index is 486. The number of carbonyl (C=O) groups excluding carboxylic acids is 1. The maximum atomic E-state index is 11.8. The summed E-state index contributed by atoms with van der Waals surface area (Å²) in [6.07, 6.45) is 7.95. The summed E-state index contributed by atoms with van der Waals surface area (Å²) in [5.74, 6) is 0.489. The molecule has 1 aromatic carbocycles. The zero-order valence-electron chi connectivity index (χ0n) is 12.7. The van der Waals surface area contributed by atoms with E-state index in [0.717, 1.165) is 18.5 Å². The Morgan fingerprint density at radius 3 is 2.67 bits per heavy atom. The molecule has 0 bridgehead atoms. The molecule has 0 aliphatic carbocycles. The highest BCUT2D eigenvalue weighted by Crippen LogP contribution is 2.23. The van der Waals surface area contributed by atoms with E-state index in [1.165, 1.54) is 25.3 Å². The number of halogens is 2. The van der Waals surface area contributed by atoms with Crippen LogP contribution in [0.5, 0.6) is 0 Å². The summed E-state index contributed by atoms with van der Waals surface area (Å²) in [5, 5.41) is 3.96. The minimum absolute atomic E-state index is 0.0731. The van der Waals surface area contributed by atoms with Crippen molar-refractivity contribution in [3.05, 3.63) is 39.9 Å². The number of unbranched alkanes of at least 4 members (excludes halogenated alkanes) is 1. The van der Waals surface area contributed by atoms with Crippen LogP contribution in [-0.4, -0.2) is 12.5 Å². The lowest BCUT2D eigenvalue weighted by Crippen LogP contribution is -2.27. The van der Waals surface area contributed by atoms with Crippen molar-refractivity contribution in [2.24, 2.45) is 5.92 Å². The van der Waals surface area contributed by atoms with Gasteiger partial charge in [-0.1, -0.05) is 62.4 Å². The molecule has 0 spiro atoms. The highest BCUT2D eigenvalue weighted by atomic mass is 35.5. The summed E-state index contributed by atoms with van der Waals surface area (Å²) >= 11 is 11.8. The van der Waals surface area contributed by atoms with Gasteiger partial charge in [-0.25, -0.2) is 0 Å². The summed E-state index contributed by atoms with van der Waals surface area (Å²) in [6.45, 7) is 5.09. The standard InChI is InChI=1S/C17H23Cl2NO/c1-3-5-6-13(4-2)12-20-17(21)10-8-14-7-9-15(18)16(19)11-14/h7-11,13H,3-6,12H2,1-2H3,(H,20,21). The third kappa shape index (κ3) is 7.01. The third-order valence-electron chi connectivity index (χ3n) is 3.48. The molecule has 116 valence electrons. The van der Waals surface area contributed by atoms with Crippen LogP contribution < -0.4 is 5.32 Å². The van der Waals surface area contributed by atoms with Crippen molar-refractivity contribution in [3.8, 4) is 0 Å². The van der Waals surface area contributed by atoms with E-state index in [4.69, 9.17) is 23.2 Å². The molecule has 2 nitrogen and oxygen atoms in total. The van der Waals surface area contributed by atoms with E-state index in [1.807, 2.05) is 6.07 Å². The molecule has 4 heteroatoms. The maximum Gasteiger partial charge on any atom is 0.244 e. The van der Waals surface area contributed by atoms with Crippen LogP contribution in [0.15, 0.2) is 24.3 Å². The highest BCUT2D eigenvalue weighted by molar-refractivity contribution is 6.42. The zero-order valence-corrected chi connectivity index (χ0v) is 14.2. The Kier molecular flexibility index (Phi) is 8.48. The van der Waals surface area contributed by atoms with Crippen LogP contribution in [0, 0.1) is 5.92 Å². The number of carbonyl (C=O) groups is 1. The van der Waals surface area contributed by atoms with Crippen molar-refractivity contribution in [2.75, 3.05) is 6.54 Å². The number of amides is 1. The van der Waals surface area contributed by atoms with Gasteiger partial charge in [-0.05, 0) is 36.1 Å². The van der Waals surface area contributed by atoms with Crippen molar-refractivity contribution in [2.45, 2.75) is 39.5 Å². The molecule has 1 unspecified atom stereocenters. The molecule has 0 saturated carbocycles. The lowest BCUT2D eigenvalue weighted by molar-refractivity contribution is -0.116. The number of rotatable bonds is 8. The summed E-state index contributed by atoms with van der Waals surface area (Å²) in [4.78, 5) is 11.8. The van der Waals surface area contributed by atoms with E-state index < -0.39 is 0 Å². The lowest BCUT2D eigenvalue weighted by Gasteiger charge is -2.14. The molecule has 1 N–H and O–H groups in total. The summed E-state index contributed by atoms with van der Waals surface area (Å²) in [7, 11) is 0. The van der Waals surface area contributed by atoms with Gasteiger partial charge in [0.25, 0.3) is 0 Å². The number of hydrogen-bond acceptors (Lipinski definition) is 1. The molecule has 0 aromatic heterocycles. The second kappa shape index (κ2) is 9.86. The predicted molar refractivity (Wildman–Crippen MR) is 91.8 cm³/mol. The summed E-state index contributed by atoms with van der Waals surface area (Å²) < 4.78 is 0. The van der Waals surface area contributed by atoms with Gasteiger partial charge in [0.05, 0.1) is 10.0 Å². The van der Waals surface area contributed by atoms with Gasteiger partial charge in [0.2, 0.25) is 5.91 Å². The molecule has 21 heavy (non-hydrogen) atoms. The number of nitrogens with one attached hydrogen (secondary N) is 1. The van der Waals surface area contributed by atoms with Gasteiger partial charge in [0.1, 0.15) is 0 Å². The molecule has 1 amide bonds. The summed E-state index contributed by atoms with van der Waals surface area (Å²) in [6, 6.07) is 5.29. The molecule has 0 fully saturated rings. The van der Waals surface area contributed by atoms with Gasteiger partial charge in [-0.15, -0.1) is 0 Å². The average Bonchev–Trinajstić information content (AvgIpc) is 2.48. The first-order chi connectivity index (χ1) is 10.1. The van der Waals surface area contributed by atoms with E-state index in [9.17, 15) is 4.79 Å². The zero-order chi connectivity index (χ0) is 15.7. The molecule has 0 heterocycles. The van der Waals surface area contributed by atoms with Gasteiger partial charge in [-0.2, -0.15) is 0 Å². The van der Waals surface area contributed by atoms with Gasteiger partial charge >= 0.3 is 0 Å². The molecule has 0 radical (unpaired) electrons. The van der Waals surface area contributed by atoms with E-state index in [1.54, 1.807) is 18.2 Å². The first-order valence-electron chi connectivity index (χ1n) is 7.47. The minimum atomic E-state index is -0.0731. The number of benzene rings is 1. The van der Waals surface area contributed by atoms with Crippen molar-refractivity contribution >= 4 is 35.2 Å². The number of hydrogen-bond donors (Lipinski definition) is 1. The van der Waals surface area contributed by atoms with Crippen LogP contribution in [0.25, 0.3) is 6.08 Å². The Hall–Kier alpha value is -0.990. The van der Waals surface area contributed by atoms with Gasteiger partial charge in [0, 0.05) is 12.6 Å². The fraction of sp³-hybridized carbons (Fsp3) is 0.471. The van der Waals surface area contributed by atoms with Gasteiger partial charge in [-0.3, -0.25) is 4.79 Å². The second-order valence-corrected chi connectivity index (χ2v) is 5.98. The van der Waals surface area contributed by atoms with Crippen LogP contribution >= 0.6 is 23.2 Å². The highest BCUT2D eigenvalue weighted by Gasteiger charge is 2.06. The van der Waals surface area contributed by atoms with Crippen molar-refractivity contribution < 1.29 is 4.79 Å². The fourth-order valence-corrected chi connectivity index (χ4v) is 2.34. The lowest BCUT2D eigenvalue weighted by atomic mass is 9.99. The second-order valence-electron chi connectivity index (χ2n) is 5.17.